The van der Waals surface area contributed by atoms with Gasteiger partial charge >= 0.3 is 6.09 Å². The molecule has 20 heavy (non-hydrogen) atoms. The van der Waals surface area contributed by atoms with Gasteiger partial charge in [-0.15, -0.1) is 11.3 Å². The van der Waals surface area contributed by atoms with Gasteiger partial charge in [-0.3, -0.25) is 0 Å². The van der Waals surface area contributed by atoms with Crippen LogP contribution in [0.15, 0.2) is 10.8 Å². The first-order valence-corrected chi connectivity index (χ1v) is 7.51. The molecule has 0 radical (unpaired) electrons. The highest BCUT2D eigenvalue weighted by molar-refractivity contribution is 7.09. The van der Waals surface area contributed by atoms with Crippen LogP contribution in [0.25, 0.3) is 11.0 Å². The van der Waals surface area contributed by atoms with E-state index in [0.717, 1.165) is 29.9 Å². The number of aromatic nitrogens is 2. The second kappa shape index (κ2) is 6.13. The van der Waals surface area contributed by atoms with Crippen LogP contribution < -0.4 is 10.6 Å². The molecule has 0 aliphatic heterocycles. The number of nitrogens with zero attached hydrogens (tertiary/aromatic N) is 1. The third-order valence-corrected chi connectivity index (χ3v) is 3.17. The largest absolute Gasteiger partial charge is 0.444 e. The number of H-pyrrole nitrogens is 1. The Kier molecular flexibility index (Phi) is 4.49. The van der Waals surface area contributed by atoms with Crippen LogP contribution in [0.5, 0.6) is 0 Å². The Balaban J connectivity index is 1.62. The lowest BCUT2D eigenvalue weighted by molar-refractivity contribution is 0.0528. The average molecular weight is 296 g/mol. The molecule has 0 aromatic carbocycles. The standard InChI is InChI=1S/C13H20N4O2S/c1-13(2,3)19-12(18)15-6-4-5-14-11-16-9-7-20-8-10(9)17-11/h7-8H,4-6H2,1-3H3,(H,15,18)(H2,14,16,17). The lowest BCUT2D eigenvalue weighted by Gasteiger charge is -2.19. The minimum absolute atomic E-state index is 0.379. The van der Waals surface area contributed by atoms with Gasteiger partial charge in [-0.25, -0.2) is 9.78 Å². The van der Waals surface area contributed by atoms with E-state index in [4.69, 9.17) is 4.74 Å². The molecule has 2 aromatic heterocycles. The van der Waals surface area contributed by atoms with Crippen LogP contribution in [-0.4, -0.2) is 34.8 Å². The second-order valence-corrected chi connectivity index (χ2v) is 6.21. The summed E-state index contributed by atoms with van der Waals surface area (Å²) in [6.07, 6.45) is 0.419. The summed E-state index contributed by atoms with van der Waals surface area (Å²) in [6.45, 7) is 6.83. The summed E-state index contributed by atoms with van der Waals surface area (Å²) >= 11 is 1.62. The fourth-order valence-electron chi connectivity index (χ4n) is 1.63. The van der Waals surface area contributed by atoms with Gasteiger partial charge in [0.15, 0.2) is 0 Å². The molecule has 3 N–H and O–H groups in total. The van der Waals surface area contributed by atoms with Crippen molar-refractivity contribution in [2.75, 3.05) is 18.4 Å². The minimum atomic E-state index is -0.456. The van der Waals surface area contributed by atoms with E-state index in [1.165, 1.54) is 0 Å². The highest BCUT2D eigenvalue weighted by atomic mass is 32.1. The van der Waals surface area contributed by atoms with E-state index in [9.17, 15) is 4.79 Å². The molecule has 0 aliphatic carbocycles. The number of carbonyl (C=O) groups is 1. The summed E-state index contributed by atoms with van der Waals surface area (Å²) in [7, 11) is 0. The molecule has 0 saturated heterocycles. The summed E-state index contributed by atoms with van der Waals surface area (Å²) < 4.78 is 5.14. The molecule has 0 atom stereocenters. The molecule has 110 valence electrons. The van der Waals surface area contributed by atoms with Gasteiger partial charge in [0.1, 0.15) is 11.1 Å². The number of aromatic amines is 1. The number of alkyl carbamates (subject to hydrolysis) is 1. The molecule has 0 saturated carbocycles. The summed E-state index contributed by atoms with van der Waals surface area (Å²) in [5.74, 6) is 0.764. The van der Waals surface area contributed by atoms with E-state index in [2.05, 4.69) is 20.6 Å². The Bertz CT molecular complexity index is 542. The molecule has 0 bridgehead atoms. The zero-order valence-corrected chi connectivity index (χ0v) is 12.8. The maximum absolute atomic E-state index is 11.4. The van der Waals surface area contributed by atoms with E-state index in [0.29, 0.717) is 6.54 Å². The van der Waals surface area contributed by atoms with Gasteiger partial charge in [-0.2, -0.15) is 0 Å². The van der Waals surface area contributed by atoms with Crippen LogP contribution in [0.4, 0.5) is 10.7 Å². The van der Waals surface area contributed by atoms with Crippen molar-refractivity contribution in [1.29, 1.82) is 0 Å². The smallest absolute Gasteiger partial charge is 0.407 e. The van der Waals surface area contributed by atoms with Crippen LogP contribution in [-0.2, 0) is 4.74 Å². The number of anilines is 1. The zero-order chi connectivity index (χ0) is 14.6. The fourth-order valence-corrected chi connectivity index (χ4v) is 2.32. The van der Waals surface area contributed by atoms with Gasteiger partial charge in [0.25, 0.3) is 0 Å². The molecule has 0 aliphatic rings. The quantitative estimate of drug-likeness (QED) is 0.741. The van der Waals surface area contributed by atoms with Crippen LogP contribution in [0.2, 0.25) is 0 Å². The molecule has 7 heteroatoms. The van der Waals surface area contributed by atoms with Crippen molar-refractivity contribution >= 4 is 34.4 Å². The molecule has 2 heterocycles. The van der Waals surface area contributed by atoms with E-state index in [-0.39, 0.29) is 6.09 Å². The van der Waals surface area contributed by atoms with E-state index < -0.39 is 5.60 Å². The Labute approximate surface area is 121 Å². The number of imidazole rings is 1. The summed E-state index contributed by atoms with van der Waals surface area (Å²) in [6, 6.07) is 0. The van der Waals surface area contributed by atoms with Crippen molar-refractivity contribution in [3.63, 3.8) is 0 Å². The normalized spacial score (nSPS) is 11.6. The first kappa shape index (κ1) is 14.6. The monoisotopic (exact) mass is 296 g/mol. The van der Waals surface area contributed by atoms with E-state index >= 15 is 0 Å². The third kappa shape index (κ3) is 4.41. The van der Waals surface area contributed by atoms with Crippen molar-refractivity contribution in [1.82, 2.24) is 15.3 Å². The number of carbonyl (C=O) groups excluding carboxylic acids is 1. The first-order chi connectivity index (χ1) is 9.44. The summed E-state index contributed by atoms with van der Waals surface area (Å²) in [5.41, 5.74) is 1.57. The number of rotatable bonds is 5. The number of amides is 1. The van der Waals surface area contributed by atoms with Gasteiger partial charge in [-0.1, -0.05) is 0 Å². The van der Waals surface area contributed by atoms with Gasteiger partial charge in [-0.05, 0) is 27.2 Å². The predicted molar refractivity (Wildman–Crippen MR) is 81.3 cm³/mol. The number of hydrogen-bond donors (Lipinski definition) is 3. The van der Waals surface area contributed by atoms with Crippen LogP contribution in [0, 0.1) is 0 Å². The maximum atomic E-state index is 11.4. The Morgan fingerprint density at radius 1 is 1.40 bits per heavy atom. The van der Waals surface area contributed by atoms with Crippen LogP contribution >= 0.6 is 11.3 Å². The number of nitrogens with one attached hydrogen (secondary N) is 3. The Hall–Kier alpha value is -1.76. The van der Waals surface area contributed by atoms with Gasteiger partial charge < -0.3 is 20.4 Å². The SMILES string of the molecule is CC(C)(C)OC(=O)NCCCNc1nc2cscc2[nH]1. The van der Waals surface area contributed by atoms with E-state index in [1.54, 1.807) is 11.3 Å². The Morgan fingerprint density at radius 2 is 2.20 bits per heavy atom. The molecule has 0 spiro atoms. The van der Waals surface area contributed by atoms with Crippen molar-refractivity contribution < 1.29 is 9.53 Å². The number of thiophene rings is 1. The van der Waals surface area contributed by atoms with Gasteiger partial charge in [0, 0.05) is 23.8 Å². The highest BCUT2D eigenvalue weighted by Gasteiger charge is 2.15. The number of hydrogen-bond acceptors (Lipinski definition) is 5. The van der Waals surface area contributed by atoms with Gasteiger partial charge in [0.05, 0.1) is 5.52 Å². The van der Waals surface area contributed by atoms with Crippen molar-refractivity contribution in [3.05, 3.63) is 10.8 Å². The van der Waals surface area contributed by atoms with Crippen LogP contribution in [0.1, 0.15) is 27.2 Å². The van der Waals surface area contributed by atoms with Crippen molar-refractivity contribution in [2.45, 2.75) is 32.8 Å². The molecule has 0 unspecified atom stereocenters. The topological polar surface area (TPSA) is 79.0 Å². The van der Waals surface area contributed by atoms with Crippen molar-refractivity contribution in [2.24, 2.45) is 0 Å². The predicted octanol–water partition coefficient (Wildman–Crippen LogP) is 2.95. The van der Waals surface area contributed by atoms with E-state index in [1.807, 2.05) is 31.5 Å². The number of fused-ring (bicyclic) bond motifs is 1. The summed E-state index contributed by atoms with van der Waals surface area (Å²) in [5, 5.41) is 9.93. The lowest BCUT2D eigenvalue weighted by Crippen LogP contribution is -2.33. The molecular formula is C13H20N4O2S. The lowest BCUT2D eigenvalue weighted by atomic mass is 10.2. The molecular weight excluding hydrogens is 276 g/mol. The molecule has 6 nitrogen and oxygen atoms in total. The molecule has 1 amide bonds. The molecule has 2 aromatic rings. The highest BCUT2D eigenvalue weighted by Crippen LogP contribution is 2.17. The third-order valence-electron chi connectivity index (χ3n) is 2.44. The Morgan fingerprint density at radius 3 is 2.90 bits per heavy atom. The zero-order valence-electron chi connectivity index (χ0n) is 11.9. The summed E-state index contributed by atoms with van der Waals surface area (Å²) in [4.78, 5) is 19.0. The molecule has 0 fully saturated rings. The fraction of sp³-hybridized carbons (Fsp3) is 0.538. The van der Waals surface area contributed by atoms with Gasteiger partial charge in [0.2, 0.25) is 5.95 Å². The van der Waals surface area contributed by atoms with Crippen LogP contribution in [0.3, 0.4) is 0 Å². The first-order valence-electron chi connectivity index (χ1n) is 6.57. The maximum Gasteiger partial charge on any atom is 0.407 e. The number of ether oxygens (including phenoxy) is 1. The second-order valence-electron chi connectivity index (χ2n) is 5.47. The van der Waals surface area contributed by atoms with Crippen molar-refractivity contribution in [3.8, 4) is 0 Å². The average Bonchev–Trinajstić information content (AvgIpc) is 2.86. The molecule has 2 rings (SSSR count). The minimum Gasteiger partial charge on any atom is -0.444 e.